The normalized spacial score (nSPS) is 14.6. The van der Waals surface area contributed by atoms with Crippen LogP contribution in [0, 0.1) is 0 Å². The van der Waals surface area contributed by atoms with Crippen molar-refractivity contribution in [2.75, 3.05) is 13.7 Å². The highest BCUT2D eigenvalue weighted by molar-refractivity contribution is 5.26. The van der Waals surface area contributed by atoms with Crippen molar-refractivity contribution in [3.63, 3.8) is 0 Å². The Morgan fingerprint density at radius 3 is 3.05 bits per heavy atom. The highest BCUT2D eigenvalue weighted by atomic mass is 16.5. The summed E-state index contributed by atoms with van der Waals surface area (Å²) in [4.78, 5) is 15.8. The summed E-state index contributed by atoms with van der Waals surface area (Å²) in [6.45, 7) is 4.90. The van der Waals surface area contributed by atoms with Gasteiger partial charge in [-0.15, -0.1) is 0 Å². The first kappa shape index (κ1) is 14.9. The lowest BCUT2D eigenvalue weighted by Crippen LogP contribution is -2.31. The van der Waals surface area contributed by atoms with E-state index in [1.807, 2.05) is 12.3 Å². The van der Waals surface area contributed by atoms with Crippen molar-refractivity contribution in [1.82, 2.24) is 19.9 Å². The Balaban J connectivity index is 1.72. The van der Waals surface area contributed by atoms with Crippen molar-refractivity contribution in [3.05, 3.63) is 47.2 Å². The summed E-state index contributed by atoms with van der Waals surface area (Å²) in [7, 11) is 1.67. The third-order valence-corrected chi connectivity index (χ3v) is 3.97. The van der Waals surface area contributed by atoms with Gasteiger partial charge in [0.05, 0.1) is 7.11 Å². The smallest absolute Gasteiger partial charge is 0.217 e. The number of aromatic nitrogens is 3. The van der Waals surface area contributed by atoms with E-state index in [2.05, 4.69) is 27.9 Å². The predicted octanol–water partition coefficient (Wildman–Crippen LogP) is 2.39. The number of fused-ring (bicyclic) bond motifs is 1. The zero-order valence-electron chi connectivity index (χ0n) is 13.2. The fourth-order valence-corrected chi connectivity index (χ4v) is 2.86. The van der Waals surface area contributed by atoms with Gasteiger partial charge in [0.15, 0.2) is 0 Å². The molecule has 0 bridgehead atoms. The van der Waals surface area contributed by atoms with E-state index in [9.17, 15) is 0 Å². The van der Waals surface area contributed by atoms with Gasteiger partial charge in [0, 0.05) is 61.7 Å². The first-order chi connectivity index (χ1) is 10.8. The largest absolute Gasteiger partial charge is 0.481 e. The lowest BCUT2D eigenvalue weighted by molar-refractivity contribution is 0.238. The van der Waals surface area contributed by atoms with Gasteiger partial charge in [0.25, 0.3) is 0 Å². The number of hydrogen-bond acceptors (Lipinski definition) is 5. The van der Waals surface area contributed by atoms with Crippen molar-refractivity contribution >= 4 is 0 Å². The minimum atomic E-state index is 0.711. The average Bonchev–Trinajstić information content (AvgIpc) is 2.56. The van der Waals surface area contributed by atoms with Crippen molar-refractivity contribution in [3.8, 4) is 5.88 Å². The molecule has 5 nitrogen and oxygen atoms in total. The highest BCUT2D eigenvalue weighted by Gasteiger charge is 2.19. The molecule has 2 aromatic rings. The number of aryl methyl sites for hydroxylation is 1. The summed E-state index contributed by atoms with van der Waals surface area (Å²) in [5, 5.41) is 0. The summed E-state index contributed by atoms with van der Waals surface area (Å²) in [5.41, 5.74) is 3.58. The zero-order chi connectivity index (χ0) is 15.4. The number of rotatable bonds is 5. The molecule has 116 valence electrons. The Morgan fingerprint density at radius 2 is 2.23 bits per heavy atom. The molecule has 0 saturated heterocycles. The van der Waals surface area contributed by atoms with E-state index in [1.165, 1.54) is 11.3 Å². The van der Waals surface area contributed by atoms with E-state index in [4.69, 9.17) is 9.72 Å². The van der Waals surface area contributed by atoms with Gasteiger partial charge < -0.3 is 4.74 Å². The van der Waals surface area contributed by atoms with Crippen LogP contribution in [-0.4, -0.2) is 33.5 Å². The summed E-state index contributed by atoms with van der Waals surface area (Å²) in [6.07, 6.45) is 6.80. The SMILES string of the molecule is CCCc1ncc2c(n1)CCN(Cc1cccnc1OC)C2. The molecule has 0 aliphatic carbocycles. The number of pyridine rings is 1. The second-order valence-corrected chi connectivity index (χ2v) is 5.64. The van der Waals surface area contributed by atoms with Crippen molar-refractivity contribution in [1.29, 1.82) is 0 Å². The van der Waals surface area contributed by atoms with E-state index >= 15 is 0 Å². The third-order valence-electron chi connectivity index (χ3n) is 3.97. The quantitative estimate of drug-likeness (QED) is 0.848. The second kappa shape index (κ2) is 6.83. The number of nitrogens with zero attached hydrogens (tertiary/aromatic N) is 4. The Bertz CT molecular complexity index is 644. The fraction of sp³-hybridized carbons (Fsp3) is 0.471. The summed E-state index contributed by atoms with van der Waals surface area (Å²) >= 11 is 0. The lowest BCUT2D eigenvalue weighted by Gasteiger charge is -2.28. The Kier molecular flexibility index (Phi) is 4.63. The minimum Gasteiger partial charge on any atom is -0.481 e. The molecule has 0 atom stereocenters. The van der Waals surface area contributed by atoms with Gasteiger partial charge in [0.1, 0.15) is 5.82 Å². The van der Waals surface area contributed by atoms with Gasteiger partial charge in [-0.1, -0.05) is 13.0 Å². The fourth-order valence-electron chi connectivity index (χ4n) is 2.86. The van der Waals surface area contributed by atoms with Crippen molar-refractivity contribution in [2.45, 2.75) is 39.3 Å². The molecule has 3 rings (SSSR count). The van der Waals surface area contributed by atoms with Gasteiger partial charge in [-0.25, -0.2) is 15.0 Å². The average molecular weight is 298 g/mol. The van der Waals surface area contributed by atoms with Crippen LogP contribution in [-0.2, 0) is 25.9 Å². The van der Waals surface area contributed by atoms with Crippen LogP contribution in [0.25, 0.3) is 0 Å². The van der Waals surface area contributed by atoms with Crippen molar-refractivity contribution in [2.24, 2.45) is 0 Å². The molecule has 0 unspecified atom stereocenters. The molecular formula is C17H22N4O. The molecule has 0 amide bonds. The number of hydrogen-bond donors (Lipinski definition) is 0. The minimum absolute atomic E-state index is 0.711. The van der Waals surface area contributed by atoms with E-state index < -0.39 is 0 Å². The van der Waals surface area contributed by atoms with Crippen LogP contribution in [0.2, 0.25) is 0 Å². The predicted molar refractivity (Wildman–Crippen MR) is 84.6 cm³/mol. The molecule has 0 N–H and O–H groups in total. The molecule has 0 aromatic carbocycles. The van der Waals surface area contributed by atoms with Gasteiger partial charge in [-0.05, 0) is 12.5 Å². The summed E-state index contributed by atoms with van der Waals surface area (Å²) in [5.74, 6) is 1.69. The van der Waals surface area contributed by atoms with Gasteiger partial charge in [-0.3, -0.25) is 4.90 Å². The molecule has 1 aliphatic rings. The topological polar surface area (TPSA) is 51.1 Å². The summed E-state index contributed by atoms with van der Waals surface area (Å²) < 4.78 is 5.34. The van der Waals surface area contributed by atoms with Crippen LogP contribution in [0.3, 0.4) is 0 Å². The van der Waals surface area contributed by atoms with E-state index in [0.717, 1.165) is 50.3 Å². The molecule has 1 aliphatic heterocycles. The van der Waals surface area contributed by atoms with Crippen LogP contribution in [0.15, 0.2) is 24.5 Å². The molecule has 5 heteroatoms. The number of ether oxygens (including phenoxy) is 1. The molecular weight excluding hydrogens is 276 g/mol. The standard InChI is InChI=1S/C17H22N4O/c1-3-5-16-19-10-14-12-21(9-7-15(14)20-16)11-13-6-4-8-18-17(13)22-2/h4,6,8,10H,3,5,7,9,11-12H2,1-2H3. The maximum absolute atomic E-state index is 5.34. The monoisotopic (exact) mass is 298 g/mol. The molecule has 22 heavy (non-hydrogen) atoms. The van der Waals surface area contributed by atoms with Gasteiger partial charge in [0.2, 0.25) is 5.88 Å². The molecule has 3 heterocycles. The molecule has 2 aromatic heterocycles. The Hall–Kier alpha value is -2.01. The van der Waals surface area contributed by atoms with Crippen LogP contribution >= 0.6 is 0 Å². The first-order valence-corrected chi connectivity index (χ1v) is 7.84. The van der Waals surface area contributed by atoms with E-state index in [0.29, 0.717) is 5.88 Å². The van der Waals surface area contributed by atoms with Crippen LogP contribution < -0.4 is 4.74 Å². The molecule has 0 radical (unpaired) electrons. The maximum atomic E-state index is 5.34. The Labute approximate surface area is 131 Å². The first-order valence-electron chi connectivity index (χ1n) is 7.84. The van der Waals surface area contributed by atoms with Crippen molar-refractivity contribution < 1.29 is 4.74 Å². The lowest BCUT2D eigenvalue weighted by atomic mass is 10.1. The molecule has 0 saturated carbocycles. The van der Waals surface area contributed by atoms with Gasteiger partial charge in [-0.2, -0.15) is 0 Å². The van der Waals surface area contributed by atoms with E-state index in [-0.39, 0.29) is 0 Å². The molecule has 0 spiro atoms. The van der Waals surface area contributed by atoms with Crippen LogP contribution in [0.5, 0.6) is 5.88 Å². The van der Waals surface area contributed by atoms with Crippen LogP contribution in [0.4, 0.5) is 0 Å². The van der Waals surface area contributed by atoms with Gasteiger partial charge >= 0.3 is 0 Å². The zero-order valence-corrected chi connectivity index (χ0v) is 13.2. The molecule has 0 fully saturated rings. The van der Waals surface area contributed by atoms with E-state index in [1.54, 1.807) is 13.3 Å². The Morgan fingerprint density at radius 1 is 1.32 bits per heavy atom. The highest BCUT2D eigenvalue weighted by Crippen LogP contribution is 2.22. The van der Waals surface area contributed by atoms with Crippen LogP contribution in [0.1, 0.15) is 36.0 Å². The third kappa shape index (κ3) is 3.25. The summed E-state index contributed by atoms with van der Waals surface area (Å²) in [6, 6.07) is 4.03. The second-order valence-electron chi connectivity index (χ2n) is 5.64. The number of methoxy groups -OCH3 is 1. The maximum Gasteiger partial charge on any atom is 0.217 e.